The summed E-state index contributed by atoms with van der Waals surface area (Å²) in [6, 6.07) is 12.3. The van der Waals surface area contributed by atoms with E-state index in [9.17, 15) is 0 Å². The Morgan fingerprint density at radius 1 is 1.15 bits per heavy atom. The van der Waals surface area contributed by atoms with Gasteiger partial charge in [0.05, 0.1) is 5.69 Å². The molecule has 1 aromatic carbocycles. The van der Waals surface area contributed by atoms with E-state index in [1.165, 1.54) is 0 Å². The van der Waals surface area contributed by atoms with Crippen LogP contribution < -0.4 is 5.73 Å². The molecule has 2 rings (SSSR count). The summed E-state index contributed by atoms with van der Waals surface area (Å²) in [6.45, 7) is 8.02. The summed E-state index contributed by atoms with van der Waals surface area (Å²) in [5.41, 5.74) is 10.9. The van der Waals surface area contributed by atoms with Crippen molar-refractivity contribution in [3.05, 3.63) is 85.2 Å². The molecule has 20 heavy (non-hydrogen) atoms. The number of nitrogens with two attached hydrogens (primary N) is 1. The summed E-state index contributed by atoms with van der Waals surface area (Å²) in [7, 11) is 0. The van der Waals surface area contributed by atoms with E-state index in [2.05, 4.69) is 36.3 Å². The fourth-order valence-electron chi connectivity index (χ4n) is 2.06. The molecule has 0 aliphatic rings. The molecule has 0 atom stereocenters. The van der Waals surface area contributed by atoms with Gasteiger partial charge in [-0.25, -0.2) is 0 Å². The molecule has 100 valence electrons. The Morgan fingerprint density at radius 2 is 1.95 bits per heavy atom. The minimum absolute atomic E-state index is 0.446. The SMILES string of the molecule is C=C/C=C(\C=C)c1cccc(-c2ccnc(CN)c2)c1. The number of aromatic nitrogens is 1. The molecule has 0 fully saturated rings. The predicted molar refractivity (Wildman–Crippen MR) is 85.9 cm³/mol. The Kier molecular flexibility index (Phi) is 4.64. The number of nitrogens with zero attached hydrogens (tertiary/aromatic N) is 1. The van der Waals surface area contributed by atoms with Gasteiger partial charge in [-0.15, -0.1) is 0 Å². The first-order valence-electron chi connectivity index (χ1n) is 6.49. The summed E-state index contributed by atoms with van der Waals surface area (Å²) in [5.74, 6) is 0. The summed E-state index contributed by atoms with van der Waals surface area (Å²) in [5, 5.41) is 0. The van der Waals surface area contributed by atoms with Crippen LogP contribution in [0.15, 0.2) is 74.0 Å². The highest BCUT2D eigenvalue weighted by Gasteiger charge is 2.02. The van der Waals surface area contributed by atoms with Crippen LogP contribution in [0.4, 0.5) is 0 Å². The molecule has 0 bridgehead atoms. The van der Waals surface area contributed by atoms with Gasteiger partial charge < -0.3 is 5.73 Å². The normalized spacial score (nSPS) is 11.2. The highest BCUT2D eigenvalue weighted by molar-refractivity contribution is 5.78. The van der Waals surface area contributed by atoms with Crippen molar-refractivity contribution < 1.29 is 0 Å². The monoisotopic (exact) mass is 262 g/mol. The van der Waals surface area contributed by atoms with E-state index in [-0.39, 0.29) is 0 Å². The standard InChI is InChI=1S/C18H18N2/c1-3-6-14(4-2)15-7-5-8-16(11-15)17-9-10-20-18(12-17)13-19/h3-12H,1-2,13,19H2/b14-6+. The van der Waals surface area contributed by atoms with Crippen molar-refractivity contribution in [2.75, 3.05) is 0 Å². The third-order valence-electron chi connectivity index (χ3n) is 3.07. The van der Waals surface area contributed by atoms with Crippen LogP contribution in [-0.4, -0.2) is 4.98 Å². The van der Waals surface area contributed by atoms with Gasteiger partial charge in [0, 0.05) is 12.7 Å². The molecule has 2 heteroatoms. The summed E-state index contributed by atoms with van der Waals surface area (Å²) in [6.07, 6.45) is 7.34. The minimum atomic E-state index is 0.446. The van der Waals surface area contributed by atoms with E-state index in [1.54, 1.807) is 12.3 Å². The number of benzene rings is 1. The molecule has 0 spiro atoms. The van der Waals surface area contributed by atoms with Crippen LogP contribution in [0.1, 0.15) is 11.3 Å². The zero-order chi connectivity index (χ0) is 14.4. The second-order valence-electron chi connectivity index (χ2n) is 4.38. The van der Waals surface area contributed by atoms with Gasteiger partial charge in [-0.1, -0.05) is 49.6 Å². The quantitative estimate of drug-likeness (QED) is 0.828. The molecule has 0 aliphatic heterocycles. The van der Waals surface area contributed by atoms with Gasteiger partial charge in [-0.05, 0) is 40.5 Å². The third kappa shape index (κ3) is 3.11. The zero-order valence-corrected chi connectivity index (χ0v) is 11.4. The van der Waals surface area contributed by atoms with Crippen molar-refractivity contribution in [1.29, 1.82) is 0 Å². The Balaban J connectivity index is 2.46. The first-order chi connectivity index (χ1) is 9.78. The highest BCUT2D eigenvalue weighted by atomic mass is 14.7. The Morgan fingerprint density at radius 3 is 2.65 bits per heavy atom. The molecule has 0 unspecified atom stereocenters. The maximum atomic E-state index is 5.64. The van der Waals surface area contributed by atoms with E-state index in [0.29, 0.717) is 6.54 Å². The molecule has 0 amide bonds. The fourth-order valence-corrected chi connectivity index (χ4v) is 2.06. The maximum absolute atomic E-state index is 5.64. The molecular weight excluding hydrogens is 244 g/mol. The van der Waals surface area contributed by atoms with Gasteiger partial charge in [-0.3, -0.25) is 4.98 Å². The van der Waals surface area contributed by atoms with Crippen molar-refractivity contribution >= 4 is 5.57 Å². The van der Waals surface area contributed by atoms with Gasteiger partial charge in [0.15, 0.2) is 0 Å². The van der Waals surface area contributed by atoms with E-state index < -0.39 is 0 Å². The Bertz CT molecular complexity index is 654. The predicted octanol–water partition coefficient (Wildman–Crippen LogP) is 3.96. The van der Waals surface area contributed by atoms with E-state index in [4.69, 9.17) is 5.73 Å². The minimum Gasteiger partial charge on any atom is -0.325 e. The van der Waals surface area contributed by atoms with Crippen LogP contribution >= 0.6 is 0 Å². The number of allylic oxidation sites excluding steroid dienone is 4. The fraction of sp³-hybridized carbons (Fsp3) is 0.0556. The molecular formula is C18H18N2. The van der Waals surface area contributed by atoms with Gasteiger partial charge in [0.1, 0.15) is 0 Å². The Labute approximate surface area is 120 Å². The van der Waals surface area contributed by atoms with Crippen LogP contribution in [0.5, 0.6) is 0 Å². The van der Waals surface area contributed by atoms with Crippen LogP contribution in [0.25, 0.3) is 16.7 Å². The van der Waals surface area contributed by atoms with Gasteiger partial charge in [-0.2, -0.15) is 0 Å². The molecule has 1 aromatic heterocycles. The van der Waals surface area contributed by atoms with Crippen LogP contribution in [0, 0.1) is 0 Å². The molecule has 0 radical (unpaired) electrons. The molecule has 2 aromatic rings. The highest BCUT2D eigenvalue weighted by Crippen LogP contribution is 2.24. The molecule has 0 saturated carbocycles. The average molecular weight is 262 g/mol. The van der Waals surface area contributed by atoms with Crippen molar-refractivity contribution in [2.45, 2.75) is 6.54 Å². The first kappa shape index (κ1) is 14.0. The molecule has 0 saturated heterocycles. The molecule has 2 nitrogen and oxygen atoms in total. The molecule has 2 N–H and O–H groups in total. The lowest BCUT2D eigenvalue weighted by atomic mass is 9.99. The summed E-state index contributed by atoms with van der Waals surface area (Å²) >= 11 is 0. The van der Waals surface area contributed by atoms with Crippen LogP contribution in [0.2, 0.25) is 0 Å². The van der Waals surface area contributed by atoms with Gasteiger partial charge in [0.25, 0.3) is 0 Å². The van der Waals surface area contributed by atoms with Crippen molar-refractivity contribution in [3.63, 3.8) is 0 Å². The number of hydrogen-bond acceptors (Lipinski definition) is 2. The average Bonchev–Trinajstić information content (AvgIpc) is 2.52. The lowest BCUT2D eigenvalue weighted by Gasteiger charge is -2.07. The number of hydrogen-bond donors (Lipinski definition) is 1. The van der Waals surface area contributed by atoms with E-state index in [1.807, 2.05) is 30.4 Å². The van der Waals surface area contributed by atoms with Crippen molar-refractivity contribution in [2.24, 2.45) is 5.73 Å². The lowest BCUT2D eigenvalue weighted by Crippen LogP contribution is -1.99. The van der Waals surface area contributed by atoms with Gasteiger partial charge >= 0.3 is 0 Å². The van der Waals surface area contributed by atoms with Crippen molar-refractivity contribution in [3.8, 4) is 11.1 Å². The smallest absolute Gasteiger partial charge is 0.0545 e. The zero-order valence-electron chi connectivity index (χ0n) is 11.4. The number of pyridine rings is 1. The second kappa shape index (κ2) is 6.64. The lowest BCUT2D eigenvalue weighted by molar-refractivity contribution is 0.991. The largest absolute Gasteiger partial charge is 0.325 e. The van der Waals surface area contributed by atoms with E-state index in [0.717, 1.165) is 28.0 Å². The summed E-state index contributed by atoms with van der Waals surface area (Å²) in [4.78, 5) is 4.22. The molecule has 1 heterocycles. The topological polar surface area (TPSA) is 38.9 Å². The van der Waals surface area contributed by atoms with Crippen LogP contribution in [-0.2, 0) is 6.54 Å². The number of rotatable bonds is 5. The van der Waals surface area contributed by atoms with Gasteiger partial charge in [0.2, 0.25) is 0 Å². The Hall–Kier alpha value is -2.45. The second-order valence-corrected chi connectivity index (χ2v) is 4.38. The first-order valence-corrected chi connectivity index (χ1v) is 6.49. The van der Waals surface area contributed by atoms with E-state index >= 15 is 0 Å². The third-order valence-corrected chi connectivity index (χ3v) is 3.07. The van der Waals surface area contributed by atoms with Crippen molar-refractivity contribution in [1.82, 2.24) is 4.98 Å². The summed E-state index contributed by atoms with van der Waals surface area (Å²) < 4.78 is 0. The molecule has 0 aliphatic carbocycles. The maximum Gasteiger partial charge on any atom is 0.0545 e. The van der Waals surface area contributed by atoms with Crippen LogP contribution in [0.3, 0.4) is 0 Å².